The van der Waals surface area contributed by atoms with Gasteiger partial charge in [0.1, 0.15) is 17.1 Å². The number of phenols is 1. The molecule has 2 aromatic rings. The molecule has 0 saturated carbocycles. The first-order valence-corrected chi connectivity index (χ1v) is 8.88. The van der Waals surface area contributed by atoms with E-state index in [-0.39, 0.29) is 22.3 Å². The van der Waals surface area contributed by atoms with Gasteiger partial charge in [0, 0.05) is 36.1 Å². The first-order chi connectivity index (χ1) is 12.4. The number of hydrogen-bond acceptors (Lipinski definition) is 8. The van der Waals surface area contributed by atoms with E-state index in [1.807, 2.05) is 0 Å². The van der Waals surface area contributed by atoms with Crippen LogP contribution in [-0.4, -0.2) is 33.1 Å². The van der Waals surface area contributed by atoms with E-state index < -0.39 is 16.3 Å². The first-order valence-electron chi connectivity index (χ1n) is 7.83. The molecule has 9 heteroatoms. The smallest absolute Gasteiger partial charge is 0.348 e. The lowest BCUT2D eigenvalue weighted by Gasteiger charge is -2.15. The van der Waals surface area contributed by atoms with Crippen molar-refractivity contribution in [1.29, 1.82) is 0 Å². The summed E-state index contributed by atoms with van der Waals surface area (Å²) in [6.45, 7) is 2.01. The summed E-state index contributed by atoms with van der Waals surface area (Å²) in [5.74, 6) is 0.356. The Balaban J connectivity index is 1.98. The number of rotatable bonds is 3. The molecule has 26 heavy (non-hydrogen) atoms. The predicted molar refractivity (Wildman–Crippen MR) is 97.4 cm³/mol. The number of aromatic hydroxyl groups is 2. The molecule has 1 aromatic heterocycles. The van der Waals surface area contributed by atoms with Crippen molar-refractivity contribution >= 4 is 23.2 Å². The van der Waals surface area contributed by atoms with Crippen molar-refractivity contribution in [2.24, 2.45) is 4.99 Å². The molecule has 0 fully saturated rings. The van der Waals surface area contributed by atoms with E-state index in [0.717, 1.165) is 0 Å². The van der Waals surface area contributed by atoms with Crippen molar-refractivity contribution in [3.8, 4) is 11.5 Å². The van der Waals surface area contributed by atoms with Crippen molar-refractivity contribution in [1.82, 2.24) is 0 Å². The van der Waals surface area contributed by atoms with E-state index in [0.29, 0.717) is 35.8 Å². The third-order valence-corrected chi connectivity index (χ3v) is 5.26. The molecule has 0 bridgehead atoms. The summed E-state index contributed by atoms with van der Waals surface area (Å²) in [4.78, 5) is 27.0. The molecule has 0 spiro atoms. The summed E-state index contributed by atoms with van der Waals surface area (Å²) in [6, 6.07) is 5.58. The average molecular weight is 376 g/mol. The molecule has 1 aromatic carbocycles. The molecule has 0 saturated heterocycles. The summed E-state index contributed by atoms with van der Waals surface area (Å²) in [7, 11) is 0. The minimum Gasteiger partial charge on any atom is -0.507 e. The number of thioether (sulfide) groups is 1. The van der Waals surface area contributed by atoms with Crippen LogP contribution >= 0.6 is 11.8 Å². The van der Waals surface area contributed by atoms with Gasteiger partial charge in [0.25, 0.3) is 0 Å². The molecule has 8 nitrogen and oxygen atoms in total. The zero-order valence-electron chi connectivity index (χ0n) is 13.8. The van der Waals surface area contributed by atoms with Crippen LogP contribution in [-0.2, 0) is 0 Å². The van der Waals surface area contributed by atoms with Crippen LogP contribution in [0.2, 0.25) is 0 Å². The molecule has 1 aliphatic rings. The summed E-state index contributed by atoms with van der Waals surface area (Å²) in [6.07, 6.45) is 0.300. The van der Waals surface area contributed by atoms with Gasteiger partial charge in [-0.2, -0.15) is 11.8 Å². The van der Waals surface area contributed by atoms with Gasteiger partial charge in [0.15, 0.2) is 5.75 Å². The lowest BCUT2D eigenvalue weighted by Crippen LogP contribution is -2.17. The van der Waals surface area contributed by atoms with Gasteiger partial charge in [-0.05, 0) is 18.6 Å². The van der Waals surface area contributed by atoms with E-state index in [2.05, 4.69) is 4.99 Å². The maximum absolute atomic E-state index is 12.2. The van der Waals surface area contributed by atoms with Crippen molar-refractivity contribution in [3.05, 3.63) is 61.7 Å². The van der Waals surface area contributed by atoms with Crippen LogP contribution < -0.4 is 5.63 Å². The maximum atomic E-state index is 12.2. The van der Waals surface area contributed by atoms with Gasteiger partial charge in [-0.1, -0.05) is 6.07 Å². The minimum atomic E-state index is -0.663. The Kier molecular flexibility index (Phi) is 4.99. The monoisotopic (exact) mass is 376 g/mol. The number of aliphatic imine (C=N–C) groups is 1. The largest absolute Gasteiger partial charge is 0.507 e. The Labute approximate surface area is 152 Å². The third-order valence-electron chi connectivity index (χ3n) is 4.00. The third kappa shape index (κ3) is 3.57. The van der Waals surface area contributed by atoms with E-state index in [4.69, 9.17) is 4.42 Å². The number of phenolic OH excluding ortho intramolecular Hbond substituents is 1. The quantitative estimate of drug-likeness (QED) is 0.623. The molecule has 3 rings (SSSR count). The van der Waals surface area contributed by atoms with Crippen molar-refractivity contribution in [2.45, 2.75) is 18.6 Å². The number of nitro groups is 1. The fourth-order valence-corrected chi connectivity index (χ4v) is 3.91. The van der Waals surface area contributed by atoms with Crippen molar-refractivity contribution in [2.75, 3.05) is 12.3 Å². The lowest BCUT2D eigenvalue weighted by molar-refractivity contribution is -0.385. The zero-order valence-corrected chi connectivity index (χ0v) is 14.7. The van der Waals surface area contributed by atoms with E-state index in [1.165, 1.54) is 18.2 Å². The summed E-state index contributed by atoms with van der Waals surface area (Å²) in [5.41, 5.74) is 0.0376. The van der Waals surface area contributed by atoms with E-state index in [1.54, 1.807) is 24.8 Å². The molecule has 0 amide bonds. The highest BCUT2D eigenvalue weighted by molar-refractivity contribution is 7.99. The van der Waals surface area contributed by atoms with Gasteiger partial charge in [0.05, 0.1) is 10.6 Å². The Morgan fingerprint density at radius 3 is 2.77 bits per heavy atom. The van der Waals surface area contributed by atoms with E-state index >= 15 is 0 Å². The van der Waals surface area contributed by atoms with Crippen molar-refractivity contribution in [3.63, 3.8) is 0 Å². The van der Waals surface area contributed by atoms with Gasteiger partial charge >= 0.3 is 11.3 Å². The molecule has 0 radical (unpaired) electrons. The molecule has 2 N–H and O–H groups in total. The van der Waals surface area contributed by atoms with Gasteiger partial charge in [-0.3, -0.25) is 15.1 Å². The number of benzene rings is 1. The molecule has 1 atom stereocenters. The summed E-state index contributed by atoms with van der Waals surface area (Å²) in [5, 5.41) is 30.6. The Bertz CT molecular complexity index is 953. The molecule has 1 aliphatic heterocycles. The lowest BCUT2D eigenvalue weighted by atomic mass is 10.0. The summed E-state index contributed by atoms with van der Waals surface area (Å²) >= 11 is 1.54. The number of aryl methyl sites for hydroxylation is 1. The number of nitrogens with zero attached hydrogens (tertiary/aromatic N) is 2. The summed E-state index contributed by atoms with van der Waals surface area (Å²) < 4.78 is 5.06. The van der Waals surface area contributed by atoms with Crippen LogP contribution in [0.1, 0.15) is 28.6 Å². The number of nitro benzene ring substituents is 1. The first kappa shape index (κ1) is 18.0. The van der Waals surface area contributed by atoms with Crippen LogP contribution in [0.4, 0.5) is 5.69 Å². The molecule has 2 heterocycles. The topological polar surface area (TPSA) is 126 Å². The van der Waals surface area contributed by atoms with Crippen molar-refractivity contribution < 1.29 is 19.6 Å². The Morgan fingerprint density at radius 2 is 2.08 bits per heavy atom. The highest BCUT2D eigenvalue weighted by Crippen LogP contribution is 2.39. The second-order valence-corrected chi connectivity index (χ2v) is 7.11. The minimum absolute atomic E-state index is 0.0244. The predicted octanol–water partition coefficient (Wildman–Crippen LogP) is 2.93. The molecule has 1 unspecified atom stereocenters. The van der Waals surface area contributed by atoms with Crippen LogP contribution in [0.15, 0.2) is 38.5 Å². The standard InChI is InChI=1S/C17H16N2O6S/c1-9-6-14(21)16(17(22)25-9)11-8-15(26-5-4-18-11)10-2-3-13(20)12(7-10)19(23)24/h2-3,6-7,15,20-21H,4-5,8H2,1H3. The second-order valence-electron chi connectivity index (χ2n) is 5.80. The fourth-order valence-electron chi connectivity index (χ4n) is 2.82. The Morgan fingerprint density at radius 1 is 1.31 bits per heavy atom. The van der Waals surface area contributed by atoms with E-state index in [9.17, 15) is 25.1 Å². The van der Waals surface area contributed by atoms with Gasteiger partial charge in [0.2, 0.25) is 0 Å². The second kappa shape index (κ2) is 7.20. The normalized spacial score (nSPS) is 17.4. The van der Waals surface area contributed by atoms with Crippen LogP contribution in [0.5, 0.6) is 11.5 Å². The maximum Gasteiger partial charge on any atom is 0.348 e. The van der Waals surface area contributed by atoms with Gasteiger partial charge in [-0.25, -0.2) is 4.79 Å². The average Bonchev–Trinajstić information content (AvgIpc) is 2.80. The molecular formula is C17H16N2O6S. The highest BCUT2D eigenvalue weighted by atomic mass is 32.2. The fraction of sp³-hybridized carbons (Fsp3) is 0.294. The van der Waals surface area contributed by atoms with Gasteiger partial charge < -0.3 is 14.6 Å². The molecule has 136 valence electrons. The molecule has 0 aliphatic carbocycles. The highest BCUT2D eigenvalue weighted by Gasteiger charge is 2.25. The molecular weight excluding hydrogens is 360 g/mol. The van der Waals surface area contributed by atoms with Crippen LogP contribution in [0.25, 0.3) is 0 Å². The zero-order chi connectivity index (χ0) is 18.8. The SMILES string of the molecule is Cc1cc(O)c(C2=NCCSC(c3ccc(O)c([N+](=O)[O-])c3)C2)c(=O)o1. The number of hydrogen-bond donors (Lipinski definition) is 2. The van der Waals surface area contributed by atoms with Crippen LogP contribution in [0, 0.1) is 17.0 Å². The van der Waals surface area contributed by atoms with Crippen LogP contribution in [0.3, 0.4) is 0 Å². The van der Waals surface area contributed by atoms with Gasteiger partial charge in [-0.15, -0.1) is 0 Å². The Hall–Kier alpha value is -2.81.